The normalized spacial score (nSPS) is 20.4. The van der Waals surface area contributed by atoms with Gasteiger partial charge in [0.25, 0.3) is 5.66 Å². The van der Waals surface area contributed by atoms with E-state index in [0.717, 1.165) is 10.3 Å². The molecule has 1 aliphatic heterocycles. The summed E-state index contributed by atoms with van der Waals surface area (Å²) < 4.78 is 0.792. The molecule has 4 heteroatoms. The summed E-state index contributed by atoms with van der Waals surface area (Å²) in [5.74, 6) is 0. The molecule has 0 spiro atoms. The molecule has 1 N–H and O–H groups in total. The smallest absolute Gasteiger partial charge is 0.260 e. The number of aliphatic hydroxyl groups excluding tert-OH is 1. The topological polar surface area (TPSA) is 58.7 Å². The van der Waals surface area contributed by atoms with Crippen molar-refractivity contribution in [2.75, 3.05) is 0 Å². The lowest BCUT2D eigenvalue weighted by molar-refractivity contribution is -0.534. The van der Waals surface area contributed by atoms with Gasteiger partial charge in [-0.2, -0.15) is 4.74 Å². The Kier molecular flexibility index (Phi) is 2.75. The molecule has 0 saturated heterocycles. The second-order valence-electron chi connectivity index (χ2n) is 4.68. The third-order valence-corrected chi connectivity index (χ3v) is 2.79. The molecular weight excluding hydrogens is 216 g/mol. The number of aliphatic hydroxyl groups is 1. The number of hydroxylamine groups is 1. The standard InChI is InChI=1S/C13H16N2O2/c1-9(16)12-11(10-7-5-4-6-8-10)14-13(2,3)15(12)17/h4-9,16H,1-3H3/t9-/m0/s1. The maximum absolute atomic E-state index is 12.1. The third kappa shape index (κ3) is 1.96. The van der Waals surface area contributed by atoms with Crippen molar-refractivity contribution in [1.29, 1.82) is 0 Å². The number of rotatable bonds is 2. The summed E-state index contributed by atoms with van der Waals surface area (Å²) in [6.07, 6.45) is -0.826. The molecule has 0 aromatic heterocycles. The molecule has 0 unspecified atom stereocenters. The summed E-state index contributed by atoms with van der Waals surface area (Å²) in [7, 11) is 0. The average molecular weight is 232 g/mol. The van der Waals surface area contributed by atoms with Crippen molar-refractivity contribution < 1.29 is 9.85 Å². The molecule has 1 atom stereocenters. The van der Waals surface area contributed by atoms with Crippen molar-refractivity contribution in [3.8, 4) is 0 Å². The van der Waals surface area contributed by atoms with Crippen molar-refractivity contribution in [1.82, 2.24) is 0 Å². The van der Waals surface area contributed by atoms with Gasteiger partial charge in [0.1, 0.15) is 11.8 Å². The highest BCUT2D eigenvalue weighted by Gasteiger charge is 2.41. The molecule has 1 heterocycles. The van der Waals surface area contributed by atoms with E-state index in [-0.39, 0.29) is 0 Å². The van der Waals surface area contributed by atoms with Crippen molar-refractivity contribution in [2.45, 2.75) is 32.5 Å². The summed E-state index contributed by atoms with van der Waals surface area (Å²) >= 11 is 0. The highest BCUT2D eigenvalue weighted by atomic mass is 16.5. The Labute approximate surface area is 101 Å². The Balaban J connectivity index is 2.56. The largest absolute Gasteiger partial charge is 0.622 e. The van der Waals surface area contributed by atoms with Crippen LogP contribution in [0, 0.1) is 5.21 Å². The zero-order valence-corrected chi connectivity index (χ0v) is 10.2. The van der Waals surface area contributed by atoms with Crippen LogP contribution in [0.25, 0.3) is 0 Å². The van der Waals surface area contributed by atoms with Crippen LogP contribution in [0.15, 0.2) is 35.3 Å². The highest BCUT2D eigenvalue weighted by Crippen LogP contribution is 2.22. The molecular formula is C13H16N2O2. The quantitative estimate of drug-likeness (QED) is 0.621. The first-order valence-corrected chi connectivity index (χ1v) is 5.61. The fourth-order valence-corrected chi connectivity index (χ4v) is 1.94. The van der Waals surface area contributed by atoms with Crippen molar-refractivity contribution >= 4 is 11.4 Å². The van der Waals surface area contributed by atoms with E-state index in [1.54, 1.807) is 20.8 Å². The van der Waals surface area contributed by atoms with E-state index >= 15 is 0 Å². The van der Waals surface area contributed by atoms with Crippen LogP contribution in [-0.2, 0) is 0 Å². The summed E-state index contributed by atoms with van der Waals surface area (Å²) in [6.45, 7) is 5.05. The van der Waals surface area contributed by atoms with Crippen LogP contribution in [0.4, 0.5) is 0 Å². The second-order valence-corrected chi connectivity index (χ2v) is 4.68. The number of hydrogen-bond acceptors (Lipinski definition) is 3. The number of aliphatic imine (C=N–C) groups is 1. The van der Waals surface area contributed by atoms with E-state index < -0.39 is 11.8 Å². The van der Waals surface area contributed by atoms with Crippen LogP contribution < -0.4 is 0 Å². The van der Waals surface area contributed by atoms with Gasteiger partial charge in [0, 0.05) is 19.4 Å². The van der Waals surface area contributed by atoms with Gasteiger partial charge in [-0.15, -0.1) is 0 Å². The van der Waals surface area contributed by atoms with Crippen LogP contribution in [-0.4, -0.2) is 33.0 Å². The zero-order valence-electron chi connectivity index (χ0n) is 10.2. The van der Waals surface area contributed by atoms with Crippen LogP contribution >= 0.6 is 0 Å². The molecule has 17 heavy (non-hydrogen) atoms. The lowest BCUT2D eigenvalue weighted by atomic mass is 10.0. The van der Waals surface area contributed by atoms with Gasteiger partial charge in [-0.05, 0) is 6.92 Å². The molecule has 0 aliphatic carbocycles. The maximum atomic E-state index is 12.1. The van der Waals surface area contributed by atoms with Crippen molar-refractivity contribution in [2.24, 2.45) is 4.99 Å². The minimum absolute atomic E-state index is 0.334. The summed E-state index contributed by atoms with van der Waals surface area (Å²) in [5, 5.41) is 21.8. The van der Waals surface area contributed by atoms with E-state index in [0.29, 0.717) is 11.4 Å². The monoisotopic (exact) mass is 232 g/mol. The molecule has 2 rings (SSSR count). The van der Waals surface area contributed by atoms with Gasteiger partial charge < -0.3 is 10.3 Å². The van der Waals surface area contributed by atoms with Gasteiger partial charge >= 0.3 is 0 Å². The van der Waals surface area contributed by atoms with Crippen molar-refractivity contribution in [3.63, 3.8) is 0 Å². The van der Waals surface area contributed by atoms with Crippen LogP contribution in [0.2, 0.25) is 0 Å². The van der Waals surface area contributed by atoms with Gasteiger partial charge in [0.2, 0.25) is 5.71 Å². The number of nitrogens with zero attached hydrogens (tertiary/aromatic N) is 2. The first kappa shape index (κ1) is 11.8. The Hall–Kier alpha value is -1.68. The fourth-order valence-electron chi connectivity index (χ4n) is 1.94. The first-order valence-electron chi connectivity index (χ1n) is 5.61. The molecule has 0 amide bonds. The van der Waals surface area contributed by atoms with Gasteiger partial charge in [-0.25, -0.2) is 4.99 Å². The maximum Gasteiger partial charge on any atom is 0.260 e. The lowest BCUT2D eigenvalue weighted by Crippen LogP contribution is -2.35. The van der Waals surface area contributed by atoms with E-state index in [2.05, 4.69) is 4.99 Å². The summed E-state index contributed by atoms with van der Waals surface area (Å²) in [6, 6.07) is 9.45. The Morgan fingerprint density at radius 1 is 1.29 bits per heavy atom. The SMILES string of the molecule is C[C@H](O)C1=[N+]([O-])C(C)(C)N=C1c1ccccc1. The van der Waals surface area contributed by atoms with Crippen LogP contribution in [0.3, 0.4) is 0 Å². The van der Waals surface area contributed by atoms with Gasteiger partial charge in [0.15, 0.2) is 0 Å². The van der Waals surface area contributed by atoms with Crippen LogP contribution in [0.5, 0.6) is 0 Å². The Morgan fingerprint density at radius 3 is 2.41 bits per heavy atom. The predicted octanol–water partition coefficient (Wildman–Crippen LogP) is 1.56. The molecule has 1 aromatic carbocycles. The molecule has 0 radical (unpaired) electrons. The highest BCUT2D eigenvalue weighted by molar-refractivity contribution is 6.48. The van der Waals surface area contributed by atoms with E-state index in [1.165, 1.54) is 0 Å². The second kappa shape index (κ2) is 3.96. The summed E-state index contributed by atoms with van der Waals surface area (Å²) in [5.41, 5.74) is 0.925. The zero-order chi connectivity index (χ0) is 12.6. The third-order valence-electron chi connectivity index (χ3n) is 2.79. The van der Waals surface area contributed by atoms with E-state index in [1.807, 2.05) is 30.3 Å². The van der Waals surface area contributed by atoms with Crippen LogP contribution in [0.1, 0.15) is 26.3 Å². The summed E-state index contributed by atoms with van der Waals surface area (Å²) in [4.78, 5) is 4.41. The van der Waals surface area contributed by atoms with Gasteiger partial charge in [-0.3, -0.25) is 0 Å². The Morgan fingerprint density at radius 2 is 1.88 bits per heavy atom. The van der Waals surface area contributed by atoms with E-state index in [4.69, 9.17) is 0 Å². The molecule has 1 aliphatic rings. The van der Waals surface area contributed by atoms with E-state index in [9.17, 15) is 10.3 Å². The van der Waals surface area contributed by atoms with Gasteiger partial charge in [-0.1, -0.05) is 30.3 Å². The first-order chi connectivity index (χ1) is 7.93. The Bertz CT molecular complexity index is 487. The molecule has 0 bridgehead atoms. The molecule has 90 valence electrons. The fraction of sp³-hybridized carbons (Fsp3) is 0.385. The molecule has 0 saturated carbocycles. The minimum atomic E-state index is -0.850. The minimum Gasteiger partial charge on any atom is -0.622 e. The lowest BCUT2D eigenvalue weighted by Gasteiger charge is -2.16. The molecule has 0 fully saturated rings. The number of benzene rings is 1. The predicted molar refractivity (Wildman–Crippen MR) is 67.4 cm³/mol. The average Bonchev–Trinajstić information content (AvgIpc) is 2.52. The molecule has 1 aromatic rings. The number of hydrogen-bond donors (Lipinski definition) is 1. The molecule has 4 nitrogen and oxygen atoms in total. The van der Waals surface area contributed by atoms with Crippen molar-refractivity contribution in [3.05, 3.63) is 41.1 Å². The van der Waals surface area contributed by atoms with Gasteiger partial charge in [0.05, 0.1) is 0 Å².